The number of rotatable bonds is 9. The van der Waals surface area contributed by atoms with Crippen LogP contribution in [0, 0.1) is 0 Å². The molecule has 4 rings (SSSR count). The van der Waals surface area contributed by atoms with Gasteiger partial charge in [0.15, 0.2) is 11.5 Å². The predicted octanol–water partition coefficient (Wildman–Crippen LogP) is 0.368. The lowest BCUT2D eigenvalue weighted by atomic mass is 10.1. The lowest BCUT2D eigenvalue weighted by Gasteiger charge is -2.33. The highest BCUT2D eigenvalue weighted by Crippen LogP contribution is 2.27. The molecule has 44 heavy (non-hydrogen) atoms. The van der Waals surface area contributed by atoms with Crippen molar-refractivity contribution >= 4 is 40.8 Å². The Morgan fingerprint density at radius 3 is 1.93 bits per heavy atom. The molecule has 16 nitrogen and oxygen atoms in total. The van der Waals surface area contributed by atoms with E-state index >= 15 is 0 Å². The molecule has 1 fully saturated rings. The van der Waals surface area contributed by atoms with Crippen molar-refractivity contribution in [3.63, 3.8) is 0 Å². The molecule has 1 saturated heterocycles. The summed E-state index contributed by atoms with van der Waals surface area (Å²) < 4.78 is 10.6. The van der Waals surface area contributed by atoms with Gasteiger partial charge >= 0.3 is 23.9 Å². The zero-order valence-corrected chi connectivity index (χ0v) is 24.2. The Bertz CT molecular complexity index is 1350. The summed E-state index contributed by atoms with van der Waals surface area (Å²) in [7, 11) is 3.25. The van der Waals surface area contributed by atoms with Gasteiger partial charge in [0.05, 0.1) is 38.3 Å². The van der Waals surface area contributed by atoms with E-state index in [1.165, 1.54) is 0 Å². The van der Waals surface area contributed by atoms with Crippen LogP contribution >= 0.6 is 0 Å². The Kier molecular flexibility index (Phi) is 14.0. The molecule has 0 spiro atoms. The molecule has 1 amide bonds. The van der Waals surface area contributed by atoms with Crippen molar-refractivity contribution in [2.24, 2.45) is 0 Å². The number of imidazole rings is 1. The maximum absolute atomic E-state index is 12.4. The van der Waals surface area contributed by atoms with Crippen LogP contribution in [0.25, 0.3) is 11.0 Å². The summed E-state index contributed by atoms with van der Waals surface area (Å²) in [5.74, 6) is -4.82. The number of nitrogens with zero attached hydrogens (tertiary/aromatic N) is 3. The smallest absolute Gasteiger partial charge is 0.414 e. The third kappa shape index (κ3) is 11.9. The van der Waals surface area contributed by atoms with Crippen LogP contribution in [0.5, 0.6) is 11.5 Å². The van der Waals surface area contributed by atoms with Gasteiger partial charge in [0.1, 0.15) is 5.82 Å². The van der Waals surface area contributed by atoms with Crippen LogP contribution in [0.2, 0.25) is 0 Å². The quantitative estimate of drug-likeness (QED) is 0.178. The summed E-state index contributed by atoms with van der Waals surface area (Å²) in [6.07, 6.45) is 0.747. The molecule has 2 heterocycles. The van der Waals surface area contributed by atoms with Gasteiger partial charge in [-0.25, -0.2) is 24.2 Å². The number of carbonyl (C=O) groups excluding carboxylic acids is 1. The SMILES string of the molecule is COc1ccc(CCNC(=O)CN2CCN(Cc3nc4ccccc4[nH]3)CC2)cc1OC.O=C(O)C(=O)O.O=C(O)C(=O)O. The first-order valence-corrected chi connectivity index (χ1v) is 13.2. The van der Waals surface area contributed by atoms with Crippen molar-refractivity contribution < 1.29 is 53.9 Å². The summed E-state index contributed by atoms with van der Waals surface area (Å²) in [4.78, 5) is 61.4. The normalized spacial score (nSPS) is 13.0. The predicted molar refractivity (Wildman–Crippen MR) is 155 cm³/mol. The van der Waals surface area contributed by atoms with Gasteiger partial charge in [-0.2, -0.15) is 0 Å². The highest BCUT2D eigenvalue weighted by atomic mass is 16.5. The highest BCUT2D eigenvalue weighted by Gasteiger charge is 2.20. The molecule has 6 N–H and O–H groups in total. The zero-order chi connectivity index (χ0) is 32.6. The second-order valence-electron chi connectivity index (χ2n) is 9.26. The summed E-state index contributed by atoms with van der Waals surface area (Å²) in [6, 6.07) is 13.9. The summed E-state index contributed by atoms with van der Waals surface area (Å²) in [6.45, 7) is 5.45. The summed E-state index contributed by atoms with van der Waals surface area (Å²) in [5.41, 5.74) is 3.18. The van der Waals surface area contributed by atoms with Gasteiger partial charge < -0.3 is 40.2 Å². The van der Waals surface area contributed by atoms with Gasteiger partial charge in [-0.1, -0.05) is 18.2 Å². The second-order valence-corrected chi connectivity index (χ2v) is 9.26. The highest BCUT2D eigenvalue weighted by molar-refractivity contribution is 6.27. The number of H-pyrrole nitrogens is 1. The van der Waals surface area contributed by atoms with Crippen molar-refractivity contribution in [1.29, 1.82) is 0 Å². The maximum Gasteiger partial charge on any atom is 0.414 e. The number of aliphatic carboxylic acids is 4. The van der Waals surface area contributed by atoms with E-state index in [9.17, 15) is 4.79 Å². The second kappa shape index (κ2) is 17.7. The number of carboxylic acid groups (broad SMARTS) is 4. The van der Waals surface area contributed by atoms with E-state index in [1.807, 2.05) is 42.5 Å². The first-order valence-electron chi connectivity index (χ1n) is 13.2. The van der Waals surface area contributed by atoms with Gasteiger partial charge in [-0.15, -0.1) is 0 Å². The van der Waals surface area contributed by atoms with Crippen molar-refractivity contribution in [3.8, 4) is 11.5 Å². The third-order valence-electron chi connectivity index (χ3n) is 6.19. The number of aromatic amines is 1. The van der Waals surface area contributed by atoms with Gasteiger partial charge in [0.25, 0.3) is 0 Å². The molecule has 0 aliphatic carbocycles. The van der Waals surface area contributed by atoms with Crippen LogP contribution in [0.1, 0.15) is 11.4 Å². The molecule has 1 aliphatic rings. The molecule has 238 valence electrons. The van der Waals surface area contributed by atoms with E-state index < -0.39 is 23.9 Å². The standard InChI is InChI=1S/C24H31N5O3.2C2H2O4/c1-31-21-8-7-18(15-22(21)32-2)9-10-25-24(30)17-29-13-11-28(12-14-29)16-23-26-19-5-3-4-6-20(19)27-23;2*3-1(4)2(5)6/h3-8,15H,9-14,16-17H2,1-2H3,(H,25,30)(H,26,27);2*(H,3,4)(H,5,6). The van der Waals surface area contributed by atoms with E-state index in [4.69, 9.17) is 49.1 Å². The average Bonchev–Trinajstić information content (AvgIpc) is 3.41. The number of aromatic nitrogens is 2. The number of amides is 1. The van der Waals surface area contributed by atoms with Gasteiger partial charge in [-0.3, -0.25) is 14.6 Å². The fourth-order valence-corrected chi connectivity index (χ4v) is 4.04. The molecule has 0 bridgehead atoms. The topological polar surface area (TPSA) is 232 Å². The van der Waals surface area contributed by atoms with Crippen LogP contribution in [0.15, 0.2) is 42.5 Å². The van der Waals surface area contributed by atoms with Crippen molar-refractivity contribution in [3.05, 3.63) is 53.9 Å². The van der Waals surface area contributed by atoms with Gasteiger partial charge in [-0.05, 0) is 36.2 Å². The first-order chi connectivity index (χ1) is 20.9. The van der Waals surface area contributed by atoms with Crippen LogP contribution in [-0.2, 0) is 36.9 Å². The number of carbonyl (C=O) groups is 5. The number of methoxy groups -OCH3 is 2. The molecular weight excluding hydrogens is 582 g/mol. The number of benzene rings is 2. The van der Waals surface area contributed by atoms with E-state index in [0.717, 1.165) is 61.6 Å². The number of ether oxygens (including phenoxy) is 2. The monoisotopic (exact) mass is 617 g/mol. The van der Waals surface area contributed by atoms with E-state index in [1.54, 1.807) is 14.2 Å². The average molecular weight is 618 g/mol. The molecule has 0 atom stereocenters. The summed E-state index contributed by atoms with van der Waals surface area (Å²) >= 11 is 0. The fourth-order valence-electron chi connectivity index (χ4n) is 4.04. The van der Waals surface area contributed by atoms with Crippen LogP contribution in [0.3, 0.4) is 0 Å². The number of carboxylic acids is 4. The lowest BCUT2D eigenvalue weighted by Crippen LogP contribution is -2.49. The zero-order valence-electron chi connectivity index (χ0n) is 24.2. The van der Waals surface area contributed by atoms with Crippen molar-refractivity contribution in [1.82, 2.24) is 25.1 Å². The largest absolute Gasteiger partial charge is 0.493 e. The molecule has 3 aromatic rings. The molecule has 1 aromatic heterocycles. The molecule has 2 aromatic carbocycles. The van der Waals surface area contributed by atoms with Crippen LogP contribution < -0.4 is 14.8 Å². The molecule has 0 saturated carbocycles. The Morgan fingerprint density at radius 1 is 0.818 bits per heavy atom. The summed E-state index contributed by atoms with van der Waals surface area (Å²) in [5, 5.41) is 32.6. The minimum absolute atomic E-state index is 0.0659. The Hall–Kier alpha value is -5.22. The van der Waals surface area contributed by atoms with Gasteiger partial charge in [0.2, 0.25) is 5.91 Å². The Labute approximate surface area is 251 Å². The van der Waals surface area contributed by atoms with E-state index in [0.29, 0.717) is 24.6 Å². The van der Waals surface area contributed by atoms with Crippen molar-refractivity contribution in [2.75, 3.05) is 53.5 Å². The first kappa shape index (κ1) is 35.0. The molecule has 1 aliphatic heterocycles. The van der Waals surface area contributed by atoms with Gasteiger partial charge in [0, 0.05) is 32.7 Å². The molecule has 0 unspecified atom stereocenters. The number of hydrogen-bond acceptors (Lipinski definition) is 10. The fraction of sp³-hybridized carbons (Fsp3) is 0.357. The number of hydrogen-bond donors (Lipinski definition) is 6. The third-order valence-corrected chi connectivity index (χ3v) is 6.19. The van der Waals surface area contributed by atoms with Crippen molar-refractivity contribution in [2.45, 2.75) is 13.0 Å². The lowest BCUT2D eigenvalue weighted by molar-refractivity contribution is -0.159. The maximum atomic E-state index is 12.4. The minimum atomic E-state index is -1.82. The Morgan fingerprint density at radius 2 is 1.39 bits per heavy atom. The number of nitrogens with one attached hydrogen (secondary N) is 2. The van der Waals surface area contributed by atoms with Crippen LogP contribution in [0.4, 0.5) is 0 Å². The molecule has 0 radical (unpaired) electrons. The van der Waals surface area contributed by atoms with Crippen LogP contribution in [-0.4, -0.2) is 123 Å². The Balaban J connectivity index is 0.000000477. The van der Waals surface area contributed by atoms with E-state index in [2.05, 4.69) is 25.1 Å². The molecule has 16 heteroatoms. The molecular formula is C28H35N5O11. The number of fused-ring (bicyclic) bond motifs is 1. The number of para-hydroxylation sites is 2. The number of piperazine rings is 1. The van der Waals surface area contributed by atoms with E-state index in [-0.39, 0.29) is 5.91 Å². The minimum Gasteiger partial charge on any atom is -0.493 e.